The molecule has 0 bridgehead atoms. The van der Waals surface area contributed by atoms with Gasteiger partial charge in [-0.15, -0.1) is 0 Å². The van der Waals surface area contributed by atoms with Gasteiger partial charge in [-0.2, -0.15) is 0 Å². The molecule has 0 amide bonds. The predicted octanol–water partition coefficient (Wildman–Crippen LogP) is 1.83. The topological polar surface area (TPSA) is 24.1 Å². The first-order valence-electron chi connectivity index (χ1n) is 5.93. The van der Waals surface area contributed by atoms with Crippen molar-refractivity contribution in [3.63, 3.8) is 0 Å². The molecule has 0 saturated heterocycles. The molecule has 1 aromatic carbocycles. The molecule has 2 nitrogen and oxygen atoms in total. The van der Waals surface area contributed by atoms with Gasteiger partial charge >= 0.3 is 0 Å². The van der Waals surface area contributed by atoms with Crippen LogP contribution >= 0.6 is 0 Å². The molecule has 2 heteroatoms. The van der Waals surface area contributed by atoms with E-state index in [1.165, 1.54) is 24.0 Å². The summed E-state index contributed by atoms with van der Waals surface area (Å²) in [5.74, 6) is 0. The van der Waals surface area contributed by atoms with Crippen molar-refractivity contribution in [2.24, 2.45) is 0 Å². The number of hydrogen-bond acceptors (Lipinski definition) is 2. The lowest BCUT2D eigenvalue weighted by Gasteiger charge is -2.07. The molecule has 0 aliphatic carbocycles. The van der Waals surface area contributed by atoms with Crippen molar-refractivity contribution in [1.82, 2.24) is 10.6 Å². The highest BCUT2D eigenvalue weighted by molar-refractivity contribution is 5.37. The average Bonchev–Trinajstić information content (AvgIpc) is 2.73. The van der Waals surface area contributed by atoms with Crippen LogP contribution < -0.4 is 10.6 Å². The van der Waals surface area contributed by atoms with E-state index in [1.54, 1.807) is 5.56 Å². The number of aryl methyl sites for hydroxylation is 1. The van der Waals surface area contributed by atoms with Gasteiger partial charge in [0.25, 0.3) is 0 Å². The molecule has 15 heavy (non-hydrogen) atoms. The molecule has 0 spiro atoms. The lowest BCUT2D eigenvalue weighted by Crippen LogP contribution is -2.14. The molecule has 0 fully saturated rings. The van der Waals surface area contributed by atoms with Crippen molar-refractivity contribution in [1.29, 1.82) is 0 Å². The fourth-order valence-corrected chi connectivity index (χ4v) is 2.22. The molecule has 82 valence electrons. The Morgan fingerprint density at radius 3 is 3.13 bits per heavy atom. The Labute approximate surface area is 92.1 Å². The standard InChI is InChI=1S/C13H20N2/c1-2-14-8-4-7-11-5-3-6-12-9-15-10-13(11)12/h3,5-6,14-15H,2,4,7-10H2,1H3. The van der Waals surface area contributed by atoms with Crippen LogP contribution in [0.15, 0.2) is 18.2 Å². The van der Waals surface area contributed by atoms with Crippen LogP contribution in [-0.4, -0.2) is 13.1 Å². The second kappa shape index (κ2) is 5.29. The van der Waals surface area contributed by atoms with Gasteiger partial charge in [0.2, 0.25) is 0 Å². The summed E-state index contributed by atoms with van der Waals surface area (Å²) < 4.78 is 0. The van der Waals surface area contributed by atoms with Crippen LogP contribution in [0, 0.1) is 0 Å². The zero-order valence-electron chi connectivity index (χ0n) is 9.47. The molecule has 2 rings (SSSR count). The number of benzene rings is 1. The summed E-state index contributed by atoms with van der Waals surface area (Å²) in [5.41, 5.74) is 4.58. The lowest BCUT2D eigenvalue weighted by atomic mass is 10.00. The summed E-state index contributed by atoms with van der Waals surface area (Å²) in [5, 5.41) is 6.78. The van der Waals surface area contributed by atoms with Gasteiger partial charge in [0.15, 0.2) is 0 Å². The zero-order valence-corrected chi connectivity index (χ0v) is 9.47. The quantitative estimate of drug-likeness (QED) is 0.715. The summed E-state index contributed by atoms with van der Waals surface area (Å²) in [6, 6.07) is 6.70. The van der Waals surface area contributed by atoms with E-state index in [2.05, 4.69) is 35.8 Å². The maximum absolute atomic E-state index is 3.41. The summed E-state index contributed by atoms with van der Waals surface area (Å²) in [6.07, 6.45) is 2.45. The molecule has 2 N–H and O–H groups in total. The summed E-state index contributed by atoms with van der Waals surface area (Å²) in [7, 11) is 0. The van der Waals surface area contributed by atoms with E-state index >= 15 is 0 Å². The van der Waals surface area contributed by atoms with Gasteiger partial charge in [-0.3, -0.25) is 0 Å². The maximum atomic E-state index is 3.41. The number of hydrogen-bond donors (Lipinski definition) is 2. The first-order chi connectivity index (χ1) is 7.42. The fourth-order valence-electron chi connectivity index (χ4n) is 2.22. The minimum Gasteiger partial charge on any atom is -0.317 e. The molecule has 0 aromatic heterocycles. The van der Waals surface area contributed by atoms with Crippen LogP contribution in [0.5, 0.6) is 0 Å². The molecular weight excluding hydrogens is 184 g/mol. The maximum Gasteiger partial charge on any atom is 0.0214 e. The third kappa shape index (κ3) is 2.58. The molecular formula is C13H20N2. The third-order valence-electron chi connectivity index (χ3n) is 3.04. The monoisotopic (exact) mass is 204 g/mol. The Balaban J connectivity index is 1.94. The van der Waals surface area contributed by atoms with Crippen LogP contribution in [0.4, 0.5) is 0 Å². The lowest BCUT2D eigenvalue weighted by molar-refractivity contribution is 0.669. The smallest absolute Gasteiger partial charge is 0.0214 e. The summed E-state index contributed by atoms with van der Waals surface area (Å²) >= 11 is 0. The van der Waals surface area contributed by atoms with Crippen LogP contribution in [-0.2, 0) is 19.5 Å². The van der Waals surface area contributed by atoms with Gasteiger partial charge in [-0.1, -0.05) is 25.1 Å². The fraction of sp³-hybridized carbons (Fsp3) is 0.538. The van der Waals surface area contributed by atoms with Crippen molar-refractivity contribution in [2.75, 3.05) is 13.1 Å². The van der Waals surface area contributed by atoms with E-state index in [-0.39, 0.29) is 0 Å². The number of fused-ring (bicyclic) bond motifs is 1. The molecule has 0 saturated carbocycles. The van der Waals surface area contributed by atoms with Gasteiger partial charge < -0.3 is 10.6 Å². The molecule has 1 aliphatic heterocycles. The third-order valence-corrected chi connectivity index (χ3v) is 3.04. The first kappa shape index (κ1) is 10.7. The molecule has 0 radical (unpaired) electrons. The Morgan fingerprint density at radius 2 is 2.27 bits per heavy atom. The van der Waals surface area contributed by atoms with E-state index in [9.17, 15) is 0 Å². The Hall–Kier alpha value is -0.860. The Bertz CT molecular complexity index is 320. The molecule has 1 heterocycles. The van der Waals surface area contributed by atoms with Crippen LogP contribution in [0.1, 0.15) is 30.0 Å². The van der Waals surface area contributed by atoms with E-state index in [0.717, 1.165) is 26.2 Å². The Morgan fingerprint density at radius 1 is 1.33 bits per heavy atom. The summed E-state index contributed by atoms with van der Waals surface area (Å²) in [4.78, 5) is 0. The first-order valence-corrected chi connectivity index (χ1v) is 5.93. The van der Waals surface area contributed by atoms with Crippen LogP contribution in [0.25, 0.3) is 0 Å². The minimum atomic E-state index is 1.05. The van der Waals surface area contributed by atoms with Crippen molar-refractivity contribution < 1.29 is 0 Å². The van der Waals surface area contributed by atoms with Crippen LogP contribution in [0.3, 0.4) is 0 Å². The normalized spacial score (nSPS) is 14.2. The second-order valence-electron chi connectivity index (χ2n) is 4.12. The highest BCUT2D eigenvalue weighted by Gasteiger charge is 2.12. The van der Waals surface area contributed by atoms with E-state index in [1.807, 2.05) is 0 Å². The molecule has 0 unspecified atom stereocenters. The highest BCUT2D eigenvalue weighted by Crippen LogP contribution is 2.20. The van der Waals surface area contributed by atoms with Gasteiger partial charge in [-0.25, -0.2) is 0 Å². The highest BCUT2D eigenvalue weighted by atomic mass is 14.9. The average molecular weight is 204 g/mol. The number of rotatable bonds is 5. The molecule has 0 atom stereocenters. The van der Waals surface area contributed by atoms with E-state index in [0.29, 0.717) is 0 Å². The predicted molar refractivity (Wildman–Crippen MR) is 63.9 cm³/mol. The van der Waals surface area contributed by atoms with Crippen LogP contribution in [0.2, 0.25) is 0 Å². The van der Waals surface area contributed by atoms with Gasteiger partial charge in [0.05, 0.1) is 0 Å². The van der Waals surface area contributed by atoms with Gasteiger partial charge in [0, 0.05) is 13.1 Å². The largest absolute Gasteiger partial charge is 0.317 e. The molecule has 1 aliphatic rings. The van der Waals surface area contributed by atoms with Crippen molar-refractivity contribution in [3.8, 4) is 0 Å². The number of nitrogens with one attached hydrogen (secondary N) is 2. The zero-order chi connectivity index (χ0) is 10.5. The Kier molecular flexibility index (Phi) is 3.75. The molecule has 1 aromatic rings. The van der Waals surface area contributed by atoms with Gasteiger partial charge in [-0.05, 0) is 42.6 Å². The van der Waals surface area contributed by atoms with Crippen molar-refractivity contribution in [3.05, 3.63) is 34.9 Å². The SMILES string of the molecule is CCNCCCc1cccc2c1CNC2. The van der Waals surface area contributed by atoms with E-state index in [4.69, 9.17) is 0 Å². The summed E-state index contributed by atoms with van der Waals surface area (Å²) in [6.45, 7) is 6.48. The second-order valence-corrected chi connectivity index (χ2v) is 4.12. The van der Waals surface area contributed by atoms with Crippen molar-refractivity contribution >= 4 is 0 Å². The van der Waals surface area contributed by atoms with E-state index < -0.39 is 0 Å². The minimum absolute atomic E-state index is 1.05. The van der Waals surface area contributed by atoms with Gasteiger partial charge in [0.1, 0.15) is 0 Å². The van der Waals surface area contributed by atoms with Crippen molar-refractivity contribution in [2.45, 2.75) is 32.9 Å².